The Hall–Kier alpha value is -2.74. The number of para-hydroxylation sites is 3. The molecule has 0 unspecified atom stereocenters. The van der Waals surface area contributed by atoms with Crippen LogP contribution in [0.15, 0.2) is 60.7 Å². The van der Waals surface area contributed by atoms with Crippen LogP contribution < -0.4 is 9.64 Å². The van der Waals surface area contributed by atoms with Crippen molar-refractivity contribution in [3.63, 3.8) is 0 Å². The highest BCUT2D eigenvalue weighted by atomic mass is 16.5. The zero-order valence-corrected chi connectivity index (χ0v) is 12.3. The third-order valence-electron chi connectivity index (χ3n) is 4.49. The third kappa shape index (κ3) is 1.49. The summed E-state index contributed by atoms with van der Waals surface area (Å²) in [5.41, 5.74) is 7.58. The minimum atomic E-state index is 0.917. The van der Waals surface area contributed by atoms with Crippen LogP contribution in [0.1, 0.15) is 16.7 Å². The quantitative estimate of drug-likeness (QED) is 0.374. The summed E-state index contributed by atoms with van der Waals surface area (Å²) < 4.78 is 6.12. The number of aryl methyl sites for hydroxylation is 1. The largest absolute Gasteiger partial charge is 0.453 e. The van der Waals surface area contributed by atoms with Crippen molar-refractivity contribution in [1.82, 2.24) is 0 Å². The second kappa shape index (κ2) is 4.14. The molecule has 0 saturated carbocycles. The summed E-state index contributed by atoms with van der Waals surface area (Å²) in [6, 6.07) is 21.3. The molecule has 5 rings (SSSR count). The van der Waals surface area contributed by atoms with Gasteiger partial charge >= 0.3 is 0 Å². The number of ether oxygens (including phenoxy) is 1. The van der Waals surface area contributed by atoms with Crippen molar-refractivity contribution < 1.29 is 4.74 Å². The normalized spacial score (nSPS) is 13.8. The highest BCUT2D eigenvalue weighted by Gasteiger charge is 2.32. The fourth-order valence-electron chi connectivity index (χ4n) is 3.54. The minimum Gasteiger partial charge on any atom is -0.453 e. The molecule has 0 saturated heterocycles. The second-order valence-electron chi connectivity index (χ2n) is 5.98. The molecule has 0 bridgehead atoms. The molecule has 0 radical (unpaired) electrons. The third-order valence-corrected chi connectivity index (χ3v) is 4.49. The predicted octanol–water partition coefficient (Wildman–Crippen LogP) is 5.47. The summed E-state index contributed by atoms with van der Waals surface area (Å²) >= 11 is 0. The van der Waals surface area contributed by atoms with Gasteiger partial charge in [-0.15, -0.1) is 0 Å². The molecule has 2 heterocycles. The number of hydrogen-bond donors (Lipinski definition) is 0. The fourth-order valence-corrected chi connectivity index (χ4v) is 3.54. The molecule has 0 aromatic heterocycles. The van der Waals surface area contributed by atoms with Crippen LogP contribution in [0, 0.1) is 6.92 Å². The molecule has 3 aromatic carbocycles. The topological polar surface area (TPSA) is 12.5 Å². The van der Waals surface area contributed by atoms with Crippen molar-refractivity contribution >= 4 is 17.1 Å². The molecule has 22 heavy (non-hydrogen) atoms. The van der Waals surface area contributed by atoms with E-state index in [2.05, 4.69) is 60.4 Å². The summed E-state index contributed by atoms with van der Waals surface area (Å²) in [5, 5.41) is 0. The summed E-state index contributed by atoms with van der Waals surface area (Å²) in [6.07, 6.45) is 0.961. The van der Waals surface area contributed by atoms with Gasteiger partial charge in [0, 0.05) is 12.1 Å². The van der Waals surface area contributed by atoms with E-state index in [1.54, 1.807) is 0 Å². The van der Waals surface area contributed by atoms with Crippen molar-refractivity contribution in [3.05, 3.63) is 77.4 Å². The van der Waals surface area contributed by atoms with Crippen molar-refractivity contribution in [2.24, 2.45) is 0 Å². The van der Waals surface area contributed by atoms with Crippen LogP contribution in [-0.4, -0.2) is 0 Å². The van der Waals surface area contributed by atoms with E-state index < -0.39 is 0 Å². The number of nitrogens with zero attached hydrogens (tertiary/aromatic N) is 1. The van der Waals surface area contributed by atoms with Gasteiger partial charge in [-0.3, -0.25) is 0 Å². The average Bonchev–Trinajstić information content (AvgIpc) is 2.54. The molecule has 0 N–H and O–H groups in total. The van der Waals surface area contributed by atoms with Crippen LogP contribution in [-0.2, 0) is 6.42 Å². The SMILES string of the molecule is Cc1ccc2c(c1)Cc1cccc3c1N2c1ccccc1O3. The van der Waals surface area contributed by atoms with Crippen LogP contribution in [0.4, 0.5) is 17.1 Å². The molecule has 106 valence electrons. The molecule has 0 atom stereocenters. The van der Waals surface area contributed by atoms with E-state index in [0.717, 1.165) is 23.6 Å². The number of anilines is 3. The van der Waals surface area contributed by atoms with Crippen molar-refractivity contribution in [1.29, 1.82) is 0 Å². The van der Waals surface area contributed by atoms with Crippen LogP contribution in [0.2, 0.25) is 0 Å². The first-order valence-corrected chi connectivity index (χ1v) is 7.60. The monoisotopic (exact) mass is 285 g/mol. The summed E-state index contributed by atoms with van der Waals surface area (Å²) in [6.45, 7) is 2.15. The van der Waals surface area contributed by atoms with E-state index in [4.69, 9.17) is 4.74 Å². The Labute approximate surface area is 129 Å². The highest BCUT2D eigenvalue weighted by Crippen LogP contribution is 2.55. The molecule has 0 spiro atoms. The first kappa shape index (κ1) is 11.9. The fraction of sp³-hybridized carbons (Fsp3) is 0.100. The minimum absolute atomic E-state index is 0.917. The van der Waals surface area contributed by atoms with Gasteiger partial charge in [0.2, 0.25) is 0 Å². The van der Waals surface area contributed by atoms with Gasteiger partial charge in [-0.2, -0.15) is 0 Å². The lowest BCUT2D eigenvalue weighted by Gasteiger charge is -2.38. The second-order valence-corrected chi connectivity index (χ2v) is 5.98. The number of fused-ring (bicyclic) bond motifs is 4. The lowest BCUT2D eigenvalue weighted by molar-refractivity contribution is 0.475. The van der Waals surface area contributed by atoms with Gasteiger partial charge in [0.05, 0.1) is 11.4 Å². The number of hydrogen-bond acceptors (Lipinski definition) is 2. The van der Waals surface area contributed by atoms with E-state index in [1.165, 1.54) is 28.1 Å². The van der Waals surface area contributed by atoms with E-state index in [0.29, 0.717) is 0 Å². The van der Waals surface area contributed by atoms with Gasteiger partial charge in [0.25, 0.3) is 0 Å². The van der Waals surface area contributed by atoms with Gasteiger partial charge in [-0.05, 0) is 42.3 Å². The van der Waals surface area contributed by atoms with Crippen molar-refractivity contribution in [3.8, 4) is 11.5 Å². The first-order chi connectivity index (χ1) is 10.8. The van der Waals surface area contributed by atoms with Gasteiger partial charge < -0.3 is 9.64 Å². The molecule has 2 aliphatic heterocycles. The van der Waals surface area contributed by atoms with Gasteiger partial charge in [0.1, 0.15) is 0 Å². The van der Waals surface area contributed by atoms with E-state index >= 15 is 0 Å². The maximum Gasteiger partial charge on any atom is 0.151 e. The van der Waals surface area contributed by atoms with E-state index in [1.807, 2.05) is 12.1 Å². The van der Waals surface area contributed by atoms with Crippen LogP contribution >= 0.6 is 0 Å². The molecular formula is C20H15NO. The van der Waals surface area contributed by atoms with Crippen molar-refractivity contribution in [2.75, 3.05) is 4.90 Å². The van der Waals surface area contributed by atoms with E-state index in [-0.39, 0.29) is 0 Å². The molecule has 2 nitrogen and oxygen atoms in total. The lowest BCUT2D eigenvalue weighted by atomic mass is 9.92. The Morgan fingerprint density at radius 3 is 2.64 bits per heavy atom. The van der Waals surface area contributed by atoms with Gasteiger partial charge in [-0.25, -0.2) is 0 Å². The number of rotatable bonds is 0. The molecular weight excluding hydrogens is 270 g/mol. The number of benzene rings is 3. The first-order valence-electron chi connectivity index (χ1n) is 7.60. The zero-order valence-electron chi connectivity index (χ0n) is 12.3. The van der Waals surface area contributed by atoms with Crippen LogP contribution in [0.5, 0.6) is 11.5 Å². The molecule has 2 heteroatoms. The van der Waals surface area contributed by atoms with E-state index in [9.17, 15) is 0 Å². The Balaban J connectivity index is 1.86. The maximum atomic E-state index is 6.12. The van der Waals surface area contributed by atoms with Gasteiger partial charge in [0.15, 0.2) is 11.5 Å². The average molecular weight is 285 g/mol. The predicted molar refractivity (Wildman–Crippen MR) is 88.7 cm³/mol. The Morgan fingerprint density at radius 2 is 1.68 bits per heavy atom. The zero-order chi connectivity index (χ0) is 14.7. The Kier molecular flexibility index (Phi) is 2.23. The van der Waals surface area contributed by atoms with Crippen LogP contribution in [0.3, 0.4) is 0 Å². The molecule has 2 aliphatic rings. The molecule has 0 amide bonds. The lowest BCUT2D eigenvalue weighted by Crippen LogP contribution is -2.22. The smallest absolute Gasteiger partial charge is 0.151 e. The summed E-state index contributed by atoms with van der Waals surface area (Å²) in [4.78, 5) is 2.35. The van der Waals surface area contributed by atoms with Gasteiger partial charge in [-0.1, -0.05) is 42.0 Å². The molecule has 0 aliphatic carbocycles. The van der Waals surface area contributed by atoms with Crippen LogP contribution in [0.25, 0.3) is 0 Å². The Bertz CT molecular complexity index is 913. The standard InChI is InChI=1S/C20H15NO/c1-13-9-10-16-15(11-13)12-14-5-4-8-19-20(14)21(16)17-6-2-3-7-18(17)22-19/h2-11H,12H2,1H3. The molecule has 3 aromatic rings. The molecule has 0 fully saturated rings. The van der Waals surface area contributed by atoms with Crippen molar-refractivity contribution in [2.45, 2.75) is 13.3 Å². The summed E-state index contributed by atoms with van der Waals surface area (Å²) in [5.74, 6) is 1.86. The summed E-state index contributed by atoms with van der Waals surface area (Å²) in [7, 11) is 0. The Morgan fingerprint density at radius 1 is 0.818 bits per heavy atom. The maximum absolute atomic E-state index is 6.12. The highest BCUT2D eigenvalue weighted by molar-refractivity contribution is 5.91.